The van der Waals surface area contributed by atoms with E-state index in [0.717, 1.165) is 11.2 Å². The van der Waals surface area contributed by atoms with Gasteiger partial charge in [-0.2, -0.15) is 0 Å². The van der Waals surface area contributed by atoms with Gasteiger partial charge in [0.25, 0.3) is 0 Å². The molecule has 3 aromatic rings. The Balaban J connectivity index is 1.68. The number of benzene rings is 2. The molecular formula is C22H20ClN3O4. The predicted molar refractivity (Wildman–Crippen MR) is 114 cm³/mol. The molecule has 0 fully saturated rings. The topological polar surface area (TPSA) is 80.8 Å². The third-order valence-corrected chi connectivity index (χ3v) is 5.36. The summed E-state index contributed by atoms with van der Waals surface area (Å²) < 4.78 is 10.3. The van der Waals surface area contributed by atoms with Crippen molar-refractivity contribution < 1.29 is 19.1 Å². The molecule has 0 radical (unpaired) electrons. The van der Waals surface area contributed by atoms with Gasteiger partial charge in [0.1, 0.15) is 5.75 Å². The number of hydrogen-bond acceptors (Lipinski definition) is 5. The second-order valence-corrected chi connectivity index (χ2v) is 7.30. The fraction of sp³-hybridized carbons (Fsp3) is 0.227. The van der Waals surface area contributed by atoms with Crippen molar-refractivity contribution in [3.05, 3.63) is 64.3 Å². The number of para-hydroxylation sites is 1. The number of ether oxygens (including phenoxy) is 2. The third kappa shape index (κ3) is 3.64. The number of carbonyl (C=O) groups excluding carboxylic acids is 2. The number of methoxy groups -OCH3 is 2. The number of anilines is 1. The molecule has 0 saturated carbocycles. The Morgan fingerprint density at radius 2 is 1.97 bits per heavy atom. The molecule has 2 aromatic carbocycles. The first-order valence-corrected chi connectivity index (χ1v) is 9.78. The summed E-state index contributed by atoms with van der Waals surface area (Å²) in [6.45, 7) is 0.708. The lowest BCUT2D eigenvalue weighted by Crippen LogP contribution is -2.40. The van der Waals surface area contributed by atoms with Gasteiger partial charge in [-0.25, -0.2) is 9.59 Å². The van der Waals surface area contributed by atoms with E-state index in [2.05, 4.69) is 5.32 Å². The highest BCUT2D eigenvalue weighted by Gasteiger charge is 2.28. The van der Waals surface area contributed by atoms with Crippen LogP contribution in [0.3, 0.4) is 0 Å². The minimum absolute atomic E-state index is 0.242. The highest BCUT2D eigenvalue weighted by Crippen LogP contribution is 2.31. The number of halogens is 1. The van der Waals surface area contributed by atoms with E-state index in [1.807, 2.05) is 24.3 Å². The summed E-state index contributed by atoms with van der Waals surface area (Å²) in [4.78, 5) is 31.9. The average molecular weight is 426 g/mol. The Labute approximate surface area is 178 Å². The smallest absolute Gasteiger partial charge is 0.338 e. The lowest BCUT2D eigenvalue weighted by Gasteiger charge is -2.30. The van der Waals surface area contributed by atoms with Gasteiger partial charge in [0, 0.05) is 34.6 Å². The number of hydrogen-bond donors (Lipinski definition) is 1. The van der Waals surface area contributed by atoms with Gasteiger partial charge >= 0.3 is 12.0 Å². The van der Waals surface area contributed by atoms with E-state index in [0.29, 0.717) is 45.9 Å². The van der Waals surface area contributed by atoms with Gasteiger partial charge in [0.05, 0.1) is 37.5 Å². The van der Waals surface area contributed by atoms with Crippen molar-refractivity contribution in [2.45, 2.75) is 13.0 Å². The highest BCUT2D eigenvalue weighted by molar-refractivity contribution is 6.31. The molecule has 0 unspecified atom stereocenters. The summed E-state index contributed by atoms with van der Waals surface area (Å²) in [5.74, 6) is 0.0664. The fourth-order valence-electron chi connectivity index (χ4n) is 3.67. The maximum Gasteiger partial charge on any atom is 0.338 e. The van der Waals surface area contributed by atoms with Gasteiger partial charge in [-0.3, -0.25) is 4.98 Å². The van der Waals surface area contributed by atoms with Crippen LogP contribution in [0.2, 0.25) is 5.02 Å². The number of carbonyl (C=O) groups is 2. The number of amides is 2. The quantitative estimate of drug-likeness (QED) is 0.633. The van der Waals surface area contributed by atoms with Crippen molar-refractivity contribution in [2.24, 2.45) is 0 Å². The molecule has 0 spiro atoms. The largest absolute Gasteiger partial charge is 0.495 e. The van der Waals surface area contributed by atoms with Gasteiger partial charge in [0.2, 0.25) is 0 Å². The summed E-state index contributed by atoms with van der Waals surface area (Å²) >= 11 is 6.06. The lowest BCUT2D eigenvalue weighted by molar-refractivity contribution is 0.0600. The third-order valence-electron chi connectivity index (χ3n) is 5.13. The van der Waals surface area contributed by atoms with Crippen molar-refractivity contribution >= 4 is 40.2 Å². The van der Waals surface area contributed by atoms with E-state index in [-0.39, 0.29) is 12.6 Å². The molecule has 0 atom stereocenters. The van der Waals surface area contributed by atoms with Gasteiger partial charge in [-0.1, -0.05) is 29.8 Å². The Morgan fingerprint density at radius 3 is 2.73 bits per heavy atom. The van der Waals surface area contributed by atoms with E-state index in [1.165, 1.54) is 14.2 Å². The van der Waals surface area contributed by atoms with E-state index in [1.54, 1.807) is 23.1 Å². The molecule has 1 aromatic heterocycles. The minimum atomic E-state index is -0.441. The predicted octanol–water partition coefficient (Wildman–Crippen LogP) is 4.27. The van der Waals surface area contributed by atoms with E-state index >= 15 is 0 Å². The summed E-state index contributed by atoms with van der Waals surface area (Å²) in [5.41, 5.74) is 3.18. The maximum atomic E-state index is 13.0. The molecule has 154 valence electrons. The molecule has 4 rings (SSSR count). The van der Waals surface area contributed by atoms with Crippen LogP contribution in [0.25, 0.3) is 10.9 Å². The fourth-order valence-corrected chi connectivity index (χ4v) is 3.84. The molecule has 2 heterocycles. The highest BCUT2D eigenvalue weighted by atomic mass is 35.5. The van der Waals surface area contributed by atoms with Gasteiger partial charge in [-0.05, 0) is 24.3 Å². The average Bonchev–Trinajstić information content (AvgIpc) is 2.76. The lowest BCUT2D eigenvalue weighted by atomic mass is 9.96. The van der Waals surface area contributed by atoms with Gasteiger partial charge in [0.15, 0.2) is 0 Å². The van der Waals surface area contributed by atoms with Crippen molar-refractivity contribution in [3.63, 3.8) is 0 Å². The molecular weight excluding hydrogens is 406 g/mol. The summed E-state index contributed by atoms with van der Waals surface area (Å²) in [6, 6.07) is 12.1. The number of aromatic nitrogens is 1. The second-order valence-electron chi connectivity index (χ2n) is 6.87. The summed E-state index contributed by atoms with van der Waals surface area (Å²) in [7, 11) is 2.87. The first-order valence-electron chi connectivity index (χ1n) is 9.40. The zero-order chi connectivity index (χ0) is 21.3. The first kappa shape index (κ1) is 20.0. The number of nitrogens with zero attached hydrogens (tertiary/aromatic N) is 2. The molecule has 8 heteroatoms. The van der Waals surface area contributed by atoms with Crippen LogP contribution in [-0.2, 0) is 17.7 Å². The maximum absolute atomic E-state index is 13.0. The monoisotopic (exact) mass is 425 g/mol. The van der Waals surface area contributed by atoms with Crippen molar-refractivity contribution in [3.8, 4) is 5.75 Å². The van der Waals surface area contributed by atoms with E-state index < -0.39 is 5.97 Å². The Bertz CT molecular complexity index is 1150. The SMILES string of the molecule is COC(=O)c1c2c(nc3ccccc13)CCN(C(=O)Nc1cc(Cl)ccc1OC)C2. The molecule has 1 aliphatic heterocycles. The van der Waals surface area contributed by atoms with Gasteiger partial charge < -0.3 is 19.7 Å². The molecule has 30 heavy (non-hydrogen) atoms. The zero-order valence-corrected chi connectivity index (χ0v) is 17.3. The number of rotatable bonds is 3. The van der Waals surface area contributed by atoms with Crippen LogP contribution in [0.4, 0.5) is 10.5 Å². The van der Waals surface area contributed by atoms with Crippen LogP contribution in [-0.4, -0.2) is 42.6 Å². The van der Waals surface area contributed by atoms with Crippen LogP contribution < -0.4 is 10.1 Å². The molecule has 0 bridgehead atoms. The standard InChI is InChI=1S/C22H20ClN3O4/c1-29-19-8-7-13(23)11-18(19)25-22(28)26-10-9-17-15(12-26)20(21(27)30-2)14-5-3-4-6-16(14)24-17/h3-8,11H,9-10,12H2,1-2H3,(H,25,28). The molecule has 0 aliphatic carbocycles. The number of pyridine rings is 1. The molecule has 1 aliphatic rings. The van der Waals surface area contributed by atoms with Crippen LogP contribution in [0, 0.1) is 0 Å². The second kappa shape index (κ2) is 8.20. The van der Waals surface area contributed by atoms with Gasteiger partial charge in [-0.15, -0.1) is 0 Å². The number of esters is 1. The Kier molecular flexibility index (Phi) is 5.46. The number of urea groups is 1. The van der Waals surface area contributed by atoms with Crippen molar-refractivity contribution in [2.75, 3.05) is 26.1 Å². The number of nitrogens with one attached hydrogen (secondary N) is 1. The molecule has 0 saturated heterocycles. The summed E-state index contributed by atoms with van der Waals surface area (Å²) in [5, 5.41) is 4.04. The van der Waals surface area contributed by atoms with E-state index in [9.17, 15) is 9.59 Å². The normalized spacial score (nSPS) is 13.0. The van der Waals surface area contributed by atoms with Crippen LogP contribution in [0.15, 0.2) is 42.5 Å². The van der Waals surface area contributed by atoms with Crippen LogP contribution in [0.1, 0.15) is 21.6 Å². The molecule has 7 nitrogen and oxygen atoms in total. The molecule has 1 N–H and O–H groups in total. The van der Waals surface area contributed by atoms with Crippen molar-refractivity contribution in [1.29, 1.82) is 0 Å². The van der Waals surface area contributed by atoms with Crippen molar-refractivity contribution in [1.82, 2.24) is 9.88 Å². The number of fused-ring (bicyclic) bond motifs is 2. The Morgan fingerprint density at radius 1 is 1.17 bits per heavy atom. The Hall–Kier alpha value is -3.32. The minimum Gasteiger partial charge on any atom is -0.495 e. The zero-order valence-electron chi connectivity index (χ0n) is 16.6. The molecule has 2 amide bonds. The summed E-state index contributed by atoms with van der Waals surface area (Å²) in [6.07, 6.45) is 0.532. The van der Waals surface area contributed by atoms with Crippen LogP contribution >= 0.6 is 11.6 Å². The first-order chi connectivity index (χ1) is 14.5. The van der Waals surface area contributed by atoms with Crippen LogP contribution in [0.5, 0.6) is 5.75 Å². The van der Waals surface area contributed by atoms with E-state index in [4.69, 9.17) is 26.1 Å².